The maximum Gasteiger partial charge on any atom is 0.241 e. The lowest BCUT2D eigenvalue weighted by Crippen LogP contribution is -2.51. The molecule has 0 aliphatic rings. The average molecular weight is 259 g/mol. The summed E-state index contributed by atoms with van der Waals surface area (Å²) in [5, 5.41) is 0. The highest BCUT2D eigenvalue weighted by molar-refractivity contribution is 5.82. The standard InChI is InChI=1S/C13H29N3O2/c1-10(18-13(2,3)4)11(14)12(17)16(7)9-8-15(5)6/h10-11H,8-9,14H2,1-7H3/t10-,11+/m1/s1. The number of amides is 1. The van der Waals surface area contributed by atoms with Gasteiger partial charge in [0.25, 0.3) is 0 Å². The largest absolute Gasteiger partial charge is 0.371 e. The van der Waals surface area contributed by atoms with E-state index in [1.54, 1.807) is 11.9 Å². The summed E-state index contributed by atoms with van der Waals surface area (Å²) >= 11 is 0. The van der Waals surface area contributed by atoms with Crippen molar-refractivity contribution < 1.29 is 9.53 Å². The molecule has 18 heavy (non-hydrogen) atoms. The molecule has 0 spiro atoms. The highest BCUT2D eigenvalue weighted by Gasteiger charge is 2.27. The normalized spacial score (nSPS) is 15.6. The first kappa shape index (κ1) is 17.4. The molecule has 5 heteroatoms. The summed E-state index contributed by atoms with van der Waals surface area (Å²) in [7, 11) is 5.72. The van der Waals surface area contributed by atoms with E-state index in [4.69, 9.17) is 10.5 Å². The van der Waals surface area contributed by atoms with Crippen molar-refractivity contribution in [1.82, 2.24) is 9.80 Å². The van der Waals surface area contributed by atoms with E-state index in [1.807, 2.05) is 46.7 Å². The summed E-state index contributed by atoms with van der Waals surface area (Å²) in [5.74, 6) is -0.0754. The van der Waals surface area contributed by atoms with E-state index in [2.05, 4.69) is 0 Å². The molecule has 0 fully saturated rings. The molecule has 108 valence electrons. The van der Waals surface area contributed by atoms with Crippen molar-refractivity contribution in [2.75, 3.05) is 34.2 Å². The molecule has 0 aromatic carbocycles. The van der Waals surface area contributed by atoms with Crippen molar-refractivity contribution in [3.63, 3.8) is 0 Å². The first-order valence-electron chi connectivity index (χ1n) is 6.37. The van der Waals surface area contributed by atoms with Crippen molar-refractivity contribution in [3.05, 3.63) is 0 Å². The summed E-state index contributed by atoms with van der Waals surface area (Å²) in [5.41, 5.74) is 5.65. The number of carbonyl (C=O) groups excluding carboxylic acids is 1. The highest BCUT2D eigenvalue weighted by atomic mass is 16.5. The van der Waals surface area contributed by atoms with E-state index in [1.165, 1.54) is 0 Å². The van der Waals surface area contributed by atoms with Crippen molar-refractivity contribution >= 4 is 5.91 Å². The molecule has 0 unspecified atom stereocenters. The van der Waals surface area contributed by atoms with Gasteiger partial charge in [-0.25, -0.2) is 0 Å². The predicted molar refractivity (Wildman–Crippen MR) is 74.5 cm³/mol. The third-order valence-electron chi connectivity index (χ3n) is 2.59. The van der Waals surface area contributed by atoms with Crippen LogP contribution in [0.25, 0.3) is 0 Å². The zero-order valence-corrected chi connectivity index (χ0v) is 12.9. The van der Waals surface area contributed by atoms with Gasteiger partial charge in [0, 0.05) is 20.1 Å². The van der Waals surface area contributed by atoms with Gasteiger partial charge in [0.05, 0.1) is 11.7 Å². The fourth-order valence-corrected chi connectivity index (χ4v) is 1.55. The average Bonchev–Trinajstić information content (AvgIpc) is 2.21. The summed E-state index contributed by atoms with van der Waals surface area (Å²) in [6, 6.07) is -0.614. The van der Waals surface area contributed by atoms with Gasteiger partial charge in [-0.3, -0.25) is 4.79 Å². The predicted octanol–water partition coefficient (Wildman–Crippen LogP) is 0.537. The Morgan fingerprint density at radius 1 is 1.22 bits per heavy atom. The van der Waals surface area contributed by atoms with Crippen LogP contribution >= 0.6 is 0 Å². The molecule has 0 aromatic rings. The second kappa shape index (κ2) is 7.07. The van der Waals surface area contributed by atoms with E-state index in [0.717, 1.165) is 6.54 Å². The van der Waals surface area contributed by atoms with Crippen LogP contribution in [0.3, 0.4) is 0 Å². The number of hydrogen-bond donors (Lipinski definition) is 1. The zero-order valence-electron chi connectivity index (χ0n) is 12.9. The van der Waals surface area contributed by atoms with Crippen LogP contribution in [0, 0.1) is 0 Å². The van der Waals surface area contributed by atoms with Crippen LogP contribution < -0.4 is 5.73 Å². The number of nitrogens with zero attached hydrogens (tertiary/aromatic N) is 2. The molecule has 0 aliphatic carbocycles. The minimum absolute atomic E-state index is 0.0754. The first-order valence-corrected chi connectivity index (χ1v) is 6.37. The van der Waals surface area contributed by atoms with Crippen LogP contribution in [0.1, 0.15) is 27.7 Å². The second-order valence-corrected chi connectivity index (χ2v) is 6.02. The molecule has 2 N–H and O–H groups in total. The Morgan fingerprint density at radius 3 is 2.11 bits per heavy atom. The van der Waals surface area contributed by atoms with E-state index < -0.39 is 6.04 Å². The van der Waals surface area contributed by atoms with E-state index in [0.29, 0.717) is 6.54 Å². The molecule has 0 radical (unpaired) electrons. The van der Waals surface area contributed by atoms with Crippen LogP contribution in [0.15, 0.2) is 0 Å². The van der Waals surface area contributed by atoms with Crippen molar-refractivity contribution in [2.24, 2.45) is 5.73 Å². The van der Waals surface area contributed by atoms with Crippen molar-refractivity contribution in [2.45, 2.75) is 45.4 Å². The van der Waals surface area contributed by atoms with Gasteiger partial charge < -0.3 is 20.3 Å². The molecule has 2 atom stereocenters. The van der Waals surface area contributed by atoms with Crippen LogP contribution in [0.4, 0.5) is 0 Å². The Hall–Kier alpha value is -0.650. The van der Waals surface area contributed by atoms with E-state index >= 15 is 0 Å². The maximum absolute atomic E-state index is 12.1. The van der Waals surface area contributed by atoms with Gasteiger partial charge in [0.15, 0.2) is 0 Å². The van der Waals surface area contributed by atoms with Crippen LogP contribution in [-0.2, 0) is 9.53 Å². The molecule has 1 amide bonds. The van der Waals surface area contributed by atoms with Gasteiger partial charge in [0.1, 0.15) is 6.04 Å². The Balaban J connectivity index is 4.31. The summed E-state index contributed by atoms with van der Waals surface area (Å²) in [4.78, 5) is 15.8. The van der Waals surface area contributed by atoms with Gasteiger partial charge in [-0.1, -0.05) is 0 Å². The fraction of sp³-hybridized carbons (Fsp3) is 0.923. The minimum atomic E-state index is -0.614. The smallest absolute Gasteiger partial charge is 0.241 e. The number of hydrogen-bond acceptors (Lipinski definition) is 4. The number of likely N-dealkylation sites (N-methyl/N-ethyl adjacent to an activating group) is 2. The minimum Gasteiger partial charge on any atom is -0.371 e. The SMILES string of the molecule is C[C@@H](OC(C)(C)C)[C@H](N)C(=O)N(C)CCN(C)C. The summed E-state index contributed by atoms with van der Waals surface area (Å²) in [6.45, 7) is 9.20. The first-order chi connectivity index (χ1) is 8.04. The van der Waals surface area contributed by atoms with Crippen molar-refractivity contribution in [3.8, 4) is 0 Å². The topological polar surface area (TPSA) is 58.8 Å². The number of ether oxygens (including phenoxy) is 1. The molecule has 0 bridgehead atoms. The van der Waals surface area contributed by atoms with E-state index in [-0.39, 0.29) is 17.6 Å². The molecule has 0 saturated heterocycles. The Morgan fingerprint density at radius 2 is 1.72 bits per heavy atom. The molecular formula is C13H29N3O2. The molecule has 0 saturated carbocycles. The van der Waals surface area contributed by atoms with Gasteiger partial charge in [-0.2, -0.15) is 0 Å². The number of nitrogens with two attached hydrogens (primary N) is 1. The lowest BCUT2D eigenvalue weighted by Gasteiger charge is -2.30. The summed E-state index contributed by atoms with van der Waals surface area (Å²) < 4.78 is 5.71. The molecule has 0 rings (SSSR count). The van der Waals surface area contributed by atoms with Crippen LogP contribution in [0.5, 0.6) is 0 Å². The zero-order chi connectivity index (χ0) is 14.5. The quantitative estimate of drug-likeness (QED) is 0.756. The molecule has 0 heterocycles. The molecule has 5 nitrogen and oxygen atoms in total. The van der Waals surface area contributed by atoms with Gasteiger partial charge >= 0.3 is 0 Å². The third kappa shape index (κ3) is 6.93. The Kier molecular flexibility index (Phi) is 6.81. The fourth-order valence-electron chi connectivity index (χ4n) is 1.55. The van der Waals surface area contributed by atoms with Gasteiger partial charge in [-0.15, -0.1) is 0 Å². The Labute approximate surface area is 111 Å². The third-order valence-corrected chi connectivity index (χ3v) is 2.59. The summed E-state index contributed by atoms with van der Waals surface area (Å²) in [6.07, 6.45) is -0.292. The lowest BCUT2D eigenvalue weighted by molar-refractivity contribution is -0.138. The molecule has 0 aromatic heterocycles. The van der Waals surface area contributed by atoms with Gasteiger partial charge in [-0.05, 0) is 41.8 Å². The Bertz CT molecular complexity index is 261. The van der Waals surface area contributed by atoms with Crippen molar-refractivity contribution in [1.29, 1.82) is 0 Å². The number of carbonyl (C=O) groups is 1. The van der Waals surface area contributed by atoms with Crippen LogP contribution in [0.2, 0.25) is 0 Å². The van der Waals surface area contributed by atoms with E-state index in [9.17, 15) is 4.79 Å². The molecule has 0 aliphatic heterocycles. The molecular weight excluding hydrogens is 230 g/mol. The van der Waals surface area contributed by atoms with Crippen LogP contribution in [-0.4, -0.2) is 67.7 Å². The number of rotatable bonds is 6. The maximum atomic E-state index is 12.1. The van der Waals surface area contributed by atoms with Gasteiger partial charge in [0.2, 0.25) is 5.91 Å². The highest BCUT2D eigenvalue weighted by Crippen LogP contribution is 2.13. The second-order valence-electron chi connectivity index (χ2n) is 6.02. The lowest BCUT2D eigenvalue weighted by atomic mass is 10.1. The monoisotopic (exact) mass is 259 g/mol.